The Balaban J connectivity index is 1.69. The lowest BCUT2D eigenvalue weighted by atomic mass is 10.2. The molecule has 0 spiro atoms. The molecule has 27 heavy (non-hydrogen) atoms. The SMILES string of the molecule is COc1ccc(CNc2nc(-c3ccncc3)nc3scc(C)c23)cc1Cl. The van der Waals surface area contributed by atoms with E-state index >= 15 is 0 Å². The third-order valence-electron chi connectivity index (χ3n) is 4.23. The first-order chi connectivity index (χ1) is 13.2. The van der Waals surface area contributed by atoms with Crippen molar-refractivity contribution in [1.82, 2.24) is 15.0 Å². The lowest BCUT2D eigenvalue weighted by Crippen LogP contribution is -2.04. The number of nitrogens with one attached hydrogen (secondary N) is 1. The number of methoxy groups -OCH3 is 1. The van der Waals surface area contributed by atoms with Gasteiger partial charge in [0, 0.05) is 24.5 Å². The second kappa shape index (κ2) is 7.50. The third kappa shape index (κ3) is 3.59. The summed E-state index contributed by atoms with van der Waals surface area (Å²) in [7, 11) is 1.61. The highest BCUT2D eigenvalue weighted by atomic mass is 35.5. The number of ether oxygens (including phenoxy) is 1. The number of nitrogens with zero attached hydrogens (tertiary/aromatic N) is 3. The van der Waals surface area contributed by atoms with Gasteiger partial charge in [0.1, 0.15) is 16.4 Å². The molecule has 1 aromatic carbocycles. The van der Waals surface area contributed by atoms with Crippen LogP contribution in [0.15, 0.2) is 48.1 Å². The third-order valence-corrected chi connectivity index (χ3v) is 5.52. The fraction of sp³-hybridized carbons (Fsp3) is 0.150. The minimum Gasteiger partial charge on any atom is -0.495 e. The second-order valence-corrected chi connectivity index (χ2v) is 7.32. The number of aryl methyl sites for hydroxylation is 1. The maximum Gasteiger partial charge on any atom is 0.163 e. The maximum atomic E-state index is 6.24. The first-order valence-electron chi connectivity index (χ1n) is 8.38. The van der Waals surface area contributed by atoms with Crippen LogP contribution in [0.2, 0.25) is 5.02 Å². The van der Waals surface area contributed by atoms with Crippen LogP contribution in [-0.4, -0.2) is 22.1 Å². The Hall–Kier alpha value is -2.70. The molecule has 136 valence electrons. The summed E-state index contributed by atoms with van der Waals surface area (Å²) >= 11 is 7.86. The van der Waals surface area contributed by atoms with E-state index in [0.717, 1.165) is 32.7 Å². The quantitative estimate of drug-likeness (QED) is 0.493. The molecule has 0 amide bonds. The molecule has 4 aromatic rings. The van der Waals surface area contributed by atoms with Crippen LogP contribution in [0.1, 0.15) is 11.1 Å². The predicted octanol–water partition coefficient (Wildman–Crippen LogP) is 5.34. The van der Waals surface area contributed by atoms with Crippen LogP contribution in [-0.2, 0) is 6.54 Å². The van der Waals surface area contributed by atoms with Crippen molar-refractivity contribution in [3.8, 4) is 17.1 Å². The fourth-order valence-corrected chi connectivity index (χ4v) is 4.05. The molecular formula is C20H17ClN4OS. The van der Waals surface area contributed by atoms with Crippen molar-refractivity contribution in [2.24, 2.45) is 0 Å². The summed E-state index contributed by atoms with van der Waals surface area (Å²) < 4.78 is 5.21. The fourth-order valence-electron chi connectivity index (χ4n) is 2.85. The lowest BCUT2D eigenvalue weighted by molar-refractivity contribution is 0.415. The zero-order valence-corrected chi connectivity index (χ0v) is 16.4. The maximum absolute atomic E-state index is 6.24. The Kier molecular flexibility index (Phi) is 4.92. The summed E-state index contributed by atoms with van der Waals surface area (Å²) in [5, 5.41) is 7.19. The molecule has 0 aliphatic heterocycles. The average Bonchev–Trinajstić information content (AvgIpc) is 3.08. The second-order valence-electron chi connectivity index (χ2n) is 6.05. The van der Waals surface area contributed by atoms with E-state index in [9.17, 15) is 0 Å². The molecule has 0 bridgehead atoms. The summed E-state index contributed by atoms with van der Waals surface area (Å²) in [4.78, 5) is 14.5. The van der Waals surface area contributed by atoms with E-state index in [1.54, 1.807) is 30.8 Å². The Labute approximate surface area is 166 Å². The van der Waals surface area contributed by atoms with Gasteiger partial charge in [-0.1, -0.05) is 17.7 Å². The topological polar surface area (TPSA) is 59.9 Å². The largest absolute Gasteiger partial charge is 0.495 e. The van der Waals surface area contributed by atoms with Crippen molar-refractivity contribution >= 4 is 39.0 Å². The normalized spacial score (nSPS) is 10.9. The number of aromatic nitrogens is 3. The summed E-state index contributed by atoms with van der Waals surface area (Å²) in [6.45, 7) is 2.67. The highest BCUT2D eigenvalue weighted by Gasteiger charge is 2.13. The molecule has 0 aliphatic carbocycles. The predicted molar refractivity (Wildman–Crippen MR) is 111 cm³/mol. The Morgan fingerprint density at radius 1 is 1.15 bits per heavy atom. The minimum atomic E-state index is 0.592. The van der Waals surface area contributed by atoms with Crippen molar-refractivity contribution in [2.45, 2.75) is 13.5 Å². The van der Waals surface area contributed by atoms with E-state index in [2.05, 4.69) is 22.6 Å². The van der Waals surface area contributed by atoms with E-state index in [-0.39, 0.29) is 0 Å². The lowest BCUT2D eigenvalue weighted by Gasteiger charge is -2.11. The molecule has 5 nitrogen and oxygen atoms in total. The van der Waals surface area contributed by atoms with Crippen LogP contribution < -0.4 is 10.1 Å². The minimum absolute atomic E-state index is 0.592. The number of pyridine rings is 1. The number of fused-ring (bicyclic) bond motifs is 1. The van der Waals surface area contributed by atoms with E-state index in [1.807, 2.05) is 30.3 Å². The first kappa shape index (κ1) is 17.7. The summed E-state index contributed by atoms with van der Waals surface area (Å²) in [6.07, 6.45) is 3.49. The van der Waals surface area contributed by atoms with Gasteiger partial charge in [-0.15, -0.1) is 11.3 Å². The van der Waals surface area contributed by atoms with E-state index in [4.69, 9.17) is 26.3 Å². The number of thiophene rings is 1. The number of rotatable bonds is 5. The molecule has 0 atom stereocenters. The van der Waals surface area contributed by atoms with Gasteiger partial charge in [-0.25, -0.2) is 9.97 Å². The van der Waals surface area contributed by atoms with Crippen molar-refractivity contribution in [2.75, 3.05) is 12.4 Å². The highest BCUT2D eigenvalue weighted by Crippen LogP contribution is 2.32. The average molecular weight is 397 g/mol. The summed E-state index contributed by atoms with van der Waals surface area (Å²) in [6, 6.07) is 9.58. The van der Waals surface area contributed by atoms with Gasteiger partial charge < -0.3 is 10.1 Å². The van der Waals surface area contributed by atoms with Crippen molar-refractivity contribution < 1.29 is 4.74 Å². The number of benzene rings is 1. The van der Waals surface area contributed by atoms with Crippen LogP contribution in [0.3, 0.4) is 0 Å². The first-order valence-corrected chi connectivity index (χ1v) is 9.64. The zero-order valence-electron chi connectivity index (χ0n) is 14.9. The van der Waals surface area contributed by atoms with E-state index in [1.165, 1.54) is 0 Å². The molecule has 0 fully saturated rings. The number of halogens is 1. The van der Waals surface area contributed by atoms with Crippen molar-refractivity contribution in [3.63, 3.8) is 0 Å². The highest BCUT2D eigenvalue weighted by molar-refractivity contribution is 7.17. The van der Waals surface area contributed by atoms with Crippen LogP contribution in [0, 0.1) is 6.92 Å². The molecule has 0 saturated heterocycles. The smallest absolute Gasteiger partial charge is 0.163 e. The van der Waals surface area contributed by atoms with Crippen molar-refractivity contribution in [3.05, 3.63) is 64.3 Å². The van der Waals surface area contributed by atoms with Gasteiger partial charge in [-0.3, -0.25) is 4.98 Å². The van der Waals surface area contributed by atoms with Crippen LogP contribution in [0.4, 0.5) is 5.82 Å². The molecular weight excluding hydrogens is 380 g/mol. The van der Waals surface area contributed by atoms with Gasteiger partial charge >= 0.3 is 0 Å². The van der Waals surface area contributed by atoms with Gasteiger partial charge in [0.25, 0.3) is 0 Å². The van der Waals surface area contributed by atoms with Gasteiger partial charge in [0.05, 0.1) is 17.5 Å². The number of hydrogen-bond acceptors (Lipinski definition) is 6. The van der Waals surface area contributed by atoms with Crippen LogP contribution in [0.5, 0.6) is 5.75 Å². The number of anilines is 1. The summed E-state index contributed by atoms with van der Waals surface area (Å²) in [5.74, 6) is 2.16. The Bertz CT molecular complexity index is 1100. The molecule has 0 aliphatic rings. The molecule has 0 unspecified atom stereocenters. The van der Waals surface area contributed by atoms with Gasteiger partial charge in [-0.2, -0.15) is 0 Å². The van der Waals surface area contributed by atoms with Gasteiger partial charge in [0.2, 0.25) is 0 Å². The molecule has 7 heteroatoms. The number of hydrogen-bond donors (Lipinski definition) is 1. The van der Waals surface area contributed by atoms with Crippen molar-refractivity contribution in [1.29, 1.82) is 0 Å². The molecule has 1 N–H and O–H groups in total. The zero-order chi connectivity index (χ0) is 18.8. The van der Waals surface area contributed by atoms with Gasteiger partial charge in [0.15, 0.2) is 5.82 Å². The van der Waals surface area contributed by atoms with E-state index in [0.29, 0.717) is 23.1 Å². The Morgan fingerprint density at radius 3 is 2.70 bits per heavy atom. The summed E-state index contributed by atoms with van der Waals surface area (Å²) in [5.41, 5.74) is 3.14. The molecule has 0 radical (unpaired) electrons. The molecule has 3 heterocycles. The van der Waals surface area contributed by atoms with E-state index < -0.39 is 0 Å². The van der Waals surface area contributed by atoms with Crippen LogP contribution in [0.25, 0.3) is 21.6 Å². The Morgan fingerprint density at radius 2 is 1.96 bits per heavy atom. The molecule has 3 aromatic heterocycles. The monoisotopic (exact) mass is 396 g/mol. The standard InChI is InChI=1S/C20H17ClN4OS/c1-12-11-27-20-17(12)19(24-18(25-20)14-5-7-22-8-6-14)23-10-13-3-4-16(26-2)15(21)9-13/h3-9,11H,10H2,1-2H3,(H,23,24,25). The van der Waals surface area contributed by atoms with Crippen LogP contribution >= 0.6 is 22.9 Å². The molecule has 0 saturated carbocycles. The molecule has 4 rings (SSSR count). The van der Waals surface area contributed by atoms with Gasteiger partial charge in [-0.05, 0) is 47.7 Å².